The third-order valence-corrected chi connectivity index (χ3v) is 3.76. The standard InChI is InChI=1S/C18H16N6/c19-18-22-17-6-3-4-15(24(17)23-18)14-9-7-13(8-10-14)12-21-16-5-1-2-11-20-16/h1-11H,12H2,(H2,19,23)(H,20,21). The number of anilines is 2. The molecule has 0 unspecified atom stereocenters. The minimum atomic E-state index is 0.277. The molecule has 0 saturated heterocycles. The number of benzene rings is 1. The number of pyridine rings is 2. The van der Waals surface area contributed by atoms with Gasteiger partial charge in [0.1, 0.15) is 5.82 Å². The molecular formula is C18H16N6. The third kappa shape index (κ3) is 2.77. The maximum Gasteiger partial charge on any atom is 0.240 e. The molecule has 0 aliphatic carbocycles. The first-order chi connectivity index (χ1) is 11.8. The summed E-state index contributed by atoms with van der Waals surface area (Å²) in [6.07, 6.45) is 1.77. The quantitative estimate of drug-likeness (QED) is 0.605. The molecule has 3 aromatic heterocycles. The zero-order valence-corrected chi connectivity index (χ0v) is 12.9. The van der Waals surface area contributed by atoms with E-state index in [9.17, 15) is 0 Å². The molecule has 6 nitrogen and oxygen atoms in total. The molecule has 0 amide bonds. The van der Waals surface area contributed by atoms with Crippen LogP contribution >= 0.6 is 0 Å². The molecule has 0 aliphatic rings. The molecule has 0 saturated carbocycles. The van der Waals surface area contributed by atoms with Gasteiger partial charge in [0.2, 0.25) is 5.95 Å². The SMILES string of the molecule is Nc1nc2cccc(-c3ccc(CNc4ccccn4)cc3)n2n1. The van der Waals surface area contributed by atoms with E-state index in [1.54, 1.807) is 10.7 Å². The summed E-state index contributed by atoms with van der Waals surface area (Å²) in [4.78, 5) is 8.45. The minimum Gasteiger partial charge on any atom is -0.366 e. The number of fused-ring (bicyclic) bond motifs is 1. The lowest BCUT2D eigenvalue weighted by Gasteiger charge is -2.07. The van der Waals surface area contributed by atoms with Crippen molar-refractivity contribution in [3.05, 3.63) is 72.4 Å². The Kier molecular flexibility index (Phi) is 3.55. The number of rotatable bonds is 4. The predicted octanol–water partition coefficient (Wildman–Crippen LogP) is 2.99. The van der Waals surface area contributed by atoms with Crippen LogP contribution in [0.2, 0.25) is 0 Å². The highest BCUT2D eigenvalue weighted by atomic mass is 15.3. The van der Waals surface area contributed by atoms with Crippen molar-refractivity contribution in [1.29, 1.82) is 0 Å². The molecule has 0 aliphatic heterocycles. The second kappa shape index (κ2) is 6.00. The molecule has 3 heterocycles. The first-order valence-corrected chi connectivity index (χ1v) is 7.65. The highest BCUT2D eigenvalue weighted by Gasteiger charge is 2.07. The Hall–Kier alpha value is -3.41. The van der Waals surface area contributed by atoms with Gasteiger partial charge in [-0.25, -0.2) is 9.50 Å². The average molecular weight is 316 g/mol. The first kappa shape index (κ1) is 14.2. The van der Waals surface area contributed by atoms with Crippen molar-refractivity contribution >= 4 is 17.4 Å². The van der Waals surface area contributed by atoms with Gasteiger partial charge in [0.25, 0.3) is 0 Å². The predicted molar refractivity (Wildman–Crippen MR) is 94.4 cm³/mol. The van der Waals surface area contributed by atoms with Gasteiger partial charge in [-0.05, 0) is 29.8 Å². The van der Waals surface area contributed by atoms with E-state index in [0.29, 0.717) is 0 Å². The molecule has 6 heteroatoms. The number of nitrogens with zero attached hydrogens (tertiary/aromatic N) is 4. The van der Waals surface area contributed by atoms with Crippen molar-refractivity contribution in [3.63, 3.8) is 0 Å². The second-order valence-corrected chi connectivity index (χ2v) is 5.42. The summed E-state index contributed by atoms with van der Waals surface area (Å²) in [5, 5.41) is 7.55. The van der Waals surface area contributed by atoms with Crippen LogP contribution in [0.3, 0.4) is 0 Å². The van der Waals surface area contributed by atoms with Gasteiger partial charge < -0.3 is 11.1 Å². The number of nitrogens with one attached hydrogen (secondary N) is 1. The molecule has 4 aromatic rings. The van der Waals surface area contributed by atoms with E-state index in [1.165, 1.54) is 5.56 Å². The monoisotopic (exact) mass is 316 g/mol. The largest absolute Gasteiger partial charge is 0.366 e. The van der Waals surface area contributed by atoms with Gasteiger partial charge in [0.05, 0.1) is 5.69 Å². The van der Waals surface area contributed by atoms with Crippen LogP contribution in [-0.2, 0) is 6.54 Å². The van der Waals surface area contributed by atoms with Gasteiger partial charge in [0, 0.05) is 18.3 Å². The van der Waals surface area contributed by atoms with Crippen molar-refractivity contribution in [3.8, 4) is 11.3 Å². The van der Waals surface area contributed by atoms with E-state index in [1.807, 2.05) is 36.4 Å². The van der Waals surface area contributed by atoms with Crippen LogP contribution in [0.4, 0.5) is 11.8 Å². The van der Waals surface area contributed by atoms with Crippen LogP contribution < -0.4 is 11.1 Å². The minimum absolute atomic E-state index is 0.277. The summed E-state index contributed by atoms with van der Waals surface area (Å²) in [7, 11) is 0. The second-order valence-electron chi connectivity index (χ2n) is 5.42. The van der Waals surface area contributed by atoms with E-state index in [-0.39, 0.29) is 5.95 Å². The molecule has 3 N–H and O–H groups in total. The van der Waals surface area contributed by atoms with Crippen LogP contribution in [0.15, 0.2) is 66.9 Å². The van der Waals surface area contributed by atoms with Crippen molar-refractivity contribution in [2.45, 2.75) is 6.54 Å². The van der Waals surface area contributed by atoms with E-state index in [0.717, 1.165) is 29.3 Å². The number of nitrogen functional groups attached to an aromatic ring is 1. The maximum atomic E-state index is 5.70. The Labute approximate surface area is 139 Å². The van der Waals surface area contributed by atoms with Crippen LogP contribution in [-0.4, -0.2) is 19.6 Å². The average Bonchev–Trinajstić information content (AvgIpc) is 3.01. The van der Waals surface area contributed by atoms with Gasteiger partial charge in [-0.3, -0.25) is 0 Å². The third-order valence-electron chi connectivity index (χ3n) is 3.76. The molecule has 4 rings (SSSR count). The van der Waals surface area contributed by atoms with E-state index < -0.39 is 0 Å². The van der Waals surface area contributed by atoms with Gasteiger partial charge in [-0.2, -0.15) is 4.98 Å². The van der Waals surface area contributed by atoms with Crippen LogP contribution in [0.25, 0.3) is 16.9 Å². The van der Waals surface area contributed by atoms with Gasteiger partial charge >= 0.3 is 0 Å². The number of hydrogen-bond donors (Lipinski definition) is 2. The molecule has 0 bridgehead atoms. The highest BCUT2D eigenvalue weighted by Crippen LogP contribution is 2.21. The fourth-order valence-corrected chi connectivity index (χ4v) is 2.59. The topological polar surface area (TPSA) is 81.1 Å². The summed E-state index contributed by atoms with van der Waals surface area (Å²) in [5.74, 6) is 1.14. The zero-order chi connectivity index (χ0) is 16.4. The Morgan fingerprint density at radius 1 is 0.958 bits per heavy atom. The lowest BCUT2D eigenvalue weighted by Crippen LogP contribution is -2.01. The first-order valence-electron chi connectivity index (χ1n) is 7.65. The molecule has 0 radical (unpaired) electrons. The number of aromatic nitrogens is 4. The van der Waals surface area contributed by atoms with Crippen molar-refractivity contribution in [2.75, 3.05) is 11.1 Å². The van der Waals surface area contributed by atoms with E-state index in [2.05, 4.69) is 44.6 Å². The van der Waals surface area contributed by atoms with Crippen LogP contribution in [0, 0.1) is 0 Å². The van der Waals surface area contributed by atoms with Gasteiger partial charge in [0.15, 0.2) is 5.65 Å². The van der Waals surface area contributed by atoms with Crippen molar-refractivity contribution in [2.24, 2.45) is 0 Å². The fourth-order valence-electron chi connectivity index (χ4n) is 2.59. The van der Waals surface area contributed by atoms with E-state index >= 15 is 0 Å². The van der Waals surface area contributed by atoms with E-state index in [4.69, 9.17) is 5.73 Å². The lowest BCUT2D eigenvalue weighted by atomic mass is 10.1. The molecule has 118 valence electrons. The van der Waals surface area contributed by atoms with Gasteiger partial charge in [-0.15, -0.1) is 5.10 Å². The van der Waals surface area contributed by atoms with Crippen LogP contribution in [0.1, 0.15) is 5.56 Å². The van der Waals surface area contributed by atoms with Crippen molar-refractivity contribution < 1.29 is 0 Å². The Morgan fingerprint density at radius 2 is 1.83 bits per heavy atom. The maximum absolute atomic E-state index is 5.70. The zero-order valence-electron chi connectivity index (χ0n) is 12.9. The summed E-state index contributed by atoms with van der Waals surface area (Å²) in [6.45, 7) is 0.720. The number of hydrogen-bond acceptors (Lipinski definition) is 5. The Morgan fingerprint density at radius 3 is 2.62 bits per heavy atom. The highest BCUT2D eigenvalue weighted by molar-refractivity contribution is 5.63. The summed E-state index contributed by atoms with van der Waals surface area (Å²) in [5.41, 5.74) is 9.64. The lowest BCUT2D eigenvalue weighted by molar-refractivity contribution is 0.976. The molecule has 0 fully saturated rings. The smallest absolute Gasteiger partial charge is 0.240 e. The normalized spacial score (nSPS) is 10.8. The van der Waals surface area contributed by atoms with Gasteiger partial charge in [-0.1, -0.05) is 36.4 Å². The summed E-state index contributed by atoms with van der Waals surface area (Å²) in [6, 6.07) is 20.0. The molecule has 0 atom stereocenters. The molecule has 24 heavy (non-hydrogen) atoms. The fraction of sp³-hybridized carbons (Fsp3) is 0.0556. The molecule has 0 spiro atoms. The summed E-state index contributed by atoms with van der Waals surface area (Å²) >= 11 is 0. The van der Waals surface area contributed by atoms with Crippen molar-refractivity contribution in [1.82, 2.24) is 19.6 Å². The summed E-state index contributed by atoms with van der Waals surface area (Å²) < 4.78 is 1.76. The molecule has 1 aromatic carbocycles. The Bertz CT molecular complexity index is 960. The van der Waals surface area contributed by atoms with Crippen LogP contribution in [0.5, 0.6) is 0 Å². The molecular weight excluding hydrogens is 300 g/mol. The number of nitrogens with two attached hydrogens (primary N) is 1. The Balaban J connectivity index is 1.57.